The van der Waals surface area contributed by atoms with Crippen LogP contribution in [0.15, 0.2) is 12.3 Å². The number of ether oxygens (including phenoxy) is 1. The van der Waals surface area contributed by atoms with Gasteiger partial charge >= 0.3 is 12.2 Å². The molecular weight excluding hydrogens is 235 g/mol. The van der Waals surface area contributed by atoms with Crippen molar-refractivity contribution in [3.8, 4) is 6.01 Å². The van der Waals surface area contributed by atoms with Gasteiger partial charge in [0.05, 0.1) is 0 Å². The quantitative estimate of drug-likeness (QED) is 0.795. The third kappa shape index (κ3) is 3.06. The molecule has 4 nitrogen and oxygen atoms in total. The minimum Gasteiger partial charge on any atom is -0.459 e. The normalized spacial score (nSPS) is 21.8. The third-order valence-corrected chi connectivity index (χ3v) is 2.54. The number of likely N-dealkylation sites (tertiary alicyclic amines) is 1. The number of halogens is 3. The Bertz CT molecular complexity index is 397. The van der Waals surface area contributed by atoms with Crippen molar-refractivity contribution < 1.29 is 17.9 Å². The summed E-state index contributed by atoms with van der Waals surface area (Å²) in [5, 5.41) is 0. The molecule has 2 rings (SSSR count). The summed E-state index contributed by atoms with van der Waals surface area (Å²) in [6.45, 7) is 1.54. The maximum absolute atomic E-state index is 12.4. The highest BCUT2D eigenvalue weighted by Gasteiger charge is 2.33. The Morgan fingerprint density at radius 2 is 2.24 bits per heavy atom. The van der Waals surface area contributed by atoms with E-state index in [4.69, 9.17) is 4.74 Å². The first-order chi connectivity index (χ1) is 7.95. The first-order valence-electron chi connectivity index (χ1n) is 5.20. The molecule has 0 amide bonds. The van der Waals surface area contributed by atoms with Gasteiger partial charge in [-0.25, -0.2) is 4.98 Å². The molecule has 0 spiro atoms. The van der Waals surface area contributed by atoms with E-state index in [0.717, 1.165) is 25.2 Å². The molecule has 1 aromatic rings. The first-order valence-corrected chi connectivity index (χ1v) is 5.20. The molecule has 1 saturated heterocycles. The van der Waals surface area contributed by atoms with Crippen LogP contribution in [0.2, 0.25) is 0 Å². The highest BCUT2D eigenvalue weighted by atomic mass is 19.4. The molecule has 0 saturated carbocycles. The molecule has 0 aliphatic carbocycles. The molecule has 0 radical (unpaired) electrons. The highest BCUT2D eigenvalue weighted by Crippen LogP contribution is 2.28. The van der Waals surface area contributed by atoms with E-state index in [9.17, 15) is 13.2 Å². The maximum atomic E-state index is 12.4. The van der Waals surface area contributed by atoms with Gasteiger partial charge in [0.25, 0.3) is 0 Å². The van der Waals surface area contributed by atoms with Gasteiger partial charge in [-0.15, -0.1) is 0 Å². The van der Waals surface area contributed by atoms with Crippen LogP contribution in [0.4, 0.5) is 13.2 Å². The van der Waals surface area contributed by atoms with Gasteiger partial charge in [-0.1, -0.05) is 0 Å². The lowest BCUT2D eigenvalue weighted by atomic mass is 10.3. The van der Waals surface area contributed by atoms with Crippen LogP contribution < -0.4 is 4.74 Å². The monoisotopic (exact) mass is 247 g/mol. The Hall–Kier alpha value is -1.37. The zero-order valence-electron chi connectivity index (χ0n) is 9.24. The standard InChI is InChI=1S/C10H12F3N3O/c1-16-5-3-7(6-16)17-9-14-4-2-8(15-9)10(11,12)13/h2,4,7H,3,5-6H2,1H3/t7-/m0/s1. The van der Waals surface area contributed by atoms with Crippen molar-refractivity contribution in [3.05, 3.63) is 18.0 Å². The molecule has 0 unspecified atom stereocenters. The second kappa shape index (κ2) is 4.48. The van der Waals surface area contributed by atoms with Crippen LogP contribution in [0, 0.1) is 0 Å². The summed E-state index contributed by atoms with van der Waals surface area (Å²) in [5.41, 5.74) is -0.978. The van der Waals surface area contributed by atoms with Crippen molar-refractivity contribution >= 4 is 0 Å². The fraction of sp³-hybridized carbons (Fsp3) is 0.600. The fourth-order valence-electron chi connectivity index (χ4n) is 1.70. The van der Waals surface area contributed by atoms with Crippen LogP contribution in [0.25, 0.3) is 0 Å². The SMILES string of the molecule is CN1CC[C@H](Oc2nccc(C(F)(F)F)n2)C1. The summed E-state index contributed by atoms with van der Waals surface area (Å²) >= 11 is 0. The summed E-state index contributed by atoms with van der Waals surface area (Å²) in [7, 11) is 1.93. The van der Waals surface area contributed by atoms with E-state index in [0.29, 0.717) is 6.54 Å². The Labute approximate surface area is 96.4 Å². The third-order valence-electron chi connectivity index (χ3n) is 2.54. The van der Waals surface area contributed by atoms with Gasteiger partial charge in [-0.05, 0) is 19.5 Å². The summed E-state index contributed by atoms with van der Waals surface area (Å²) in [4.78, 5) is 9.09. The molecule has 2 heterocycles. The second-order valence-electron chi connectivity index (χ2n) is 4.01. The molecule has 17 heavy (non-hydrogen) atoms. The van der Waals surface area contributed by atoms with Crippen molar-refractivity contribution in [3.63, 3.8) is 0 Å². The van der Waals surface area contributed by atoms with Gasteiger partial charge in [-0.2, -0.15) is 18.2 Å². The van der Waals surface area contributed by atoms with Crippen LogP contribution in [0.3, 0.4) is 0 Å². The molecule has 1 aliphatic rings. The van der Waals surface area contributed by atoms with Crippen molar-refractivity contribution in [2.45, 2.75) is 18.7 Å². The molecule has 94 valence electrons. The lowest BCUT2D eigenvalue weighted by molar-refractivity contribution is -0.141. The average Bonchev–Trinajstić information content (AvgIpc) is 2.63. The summed E-state index contributed by atoms with van der Waals surface area (Å²) < 4.78 is 42.5. The molecule has 1 atom stereocenters. The average molecular weight is 247 g/mol. The summed E-state index contributed by atoms with van der Waals surface area (Å²) in [5.74, 6) is 0. The van der Waals surface area contributed by atoms with Crippen molar-refractivity contribution in [2.75, 3.05) is 20.1 Å². The number of likely N-dealkylation sites (N-methyl/N-ethyl adjacent to an activating group) is 1. The minimum atomic E-state index is -4.46. The Balaban J connectivity index is 2.06. The van der Waals surface area contributed by atoms with Crippen molar-refractivity contribution in [1.82, 2.24) is 14.9 Å². The summed E-state index contributed by atoms with van der Waals surface area (Å²) in [6.07, 6.45) is -2.77. The molecular formula is C10H12F3N3O. The van der Waals surface area contributed by atoms with Gasteiger partial charge < -0.3 is 9.64 Å². The number of nitrogens with zero attached hydrogens (tertiary/aromatic N) is 3. The number of rotatable bonds is 2. The summed E-state index contributed by atoms with van der Waals surface area (Å²) in [6, 6.07) is 0.619. The molecule has 7 heteroatoms. The van der Waals surface area contributed by atoms with Crippen LogP contribution in [0.1, 0.15) is 12.1 Å². The zero-order chi connectivity index (χ0) is 12.5. The zero-order valence-corrected chi connectivity index (χ0v) is 9.24. The molecule has 0 aromatic carbocycles. The molecule has 0 bridgehead atoms. The predicted octanol–water partition coefficient (Wildman–Crippen LogP) is 1.58. The molecule has 1 aliphatic heterocycles. The van der Waals surface area contributed by atoms with E-state index >= 15 is 0 Å². The smallest absolute Gasteiger partial charge is 0.433 e. The molecule has 0 N–H and O–H groups in total. The van der Waals surface area contributed by atoms with E-state index in [1.807, 2.05) is 11.9 Å². The van der Waals surface area contributed by atoms with E-state index in [1.54, 1.807) is 0 Å². The van der Waals surface area contributed by atoms with Gasteiger partial charge in [0, 0.05) is 19.3 Å². The predicted molar refractivity (Wildman–Crippen MR) is 53.6 cm³/mol. The molecule has 1 aromatic heterocycles. The number of hydrogen-bond acceptors (Lipinski definition) is 4. The molecule has 1 fully saturated rings. The van der Waals surface area contributed by atoms with E-state index in [2.05, 4.69) is 9.97 Å². The van der Waals surface area contributed by atoms with Gasteiger partial charge in [0.2, 0.25) is 0 Å². The Morgan fingerprint density at radius 3 is 2.82 bits per heavy atom. The van der Waals surface area contributed by atoms with Crippen molar-refractivity contribution in [1.29, 1.82) is 0 Å². The van der Waals surface area contributed by atoms with Crippen LogP contribution in [0.5, 0.6) is 6.01 Å². The Morgan fingerprint density at radius 1 is 1.47 bits per heavy atom. The minimum absolute atomic E-state index is 0.136. The van der Waals surface area contributed by atoms with Gasteiger partial charge in [-0.3, -0.25) is 0 Å². The van der Waals surface area contributed by atoms with Gasteiger partial charge in [0.1, 0.15) is 6.10 Å². The van der Waals surface area contributed by atoms with Crippen LogP contribution in [-0.4, -0.2) is 41.1 Å². The maximum Gasteiger partial charge on any atom is 0.433 e. The lowest BCUT2D eigenvalue weighted by Crippen LogP contribution is -2.22. The van der Waals surface area contributed by atoms with Crippen molar-refractivity contribution in [2.24, 2.45) is 0 Å². The van der Waals surface area contributed by atoms with Crippen LogP contribution in [-0.2, 0) is 6.18 Å². The highest BCUT2D eigenvalue weighted by molar-refractivity contribution is 5.09. The fourth-order valence-corrected chi connectivity index (χ4v) is 1.70. The number of alkyl halides is 3. The van der Waals surface area contributed by atoms with E-state index < -0.39 is 11.9 Å². The largest absolute Gasteiger partial charge is 0.459 e. The topological polar surface area (TPSA) is 38.2 Å². The van der Waals surface area contributed by atoms with Gasteiger partial charge in [0.15, 0.2) is 5.69 Å². The second-order valence-corrected chi connectivity index (χ2v) is 4.01. The number of aromatic nitrogens is 2. The van der Waals surface area contributed by atoms with Crippen LogP contribution >= 0.6 is 0 Å². The number of hydrogen-bond donors (Lipinski definition) is 0. The Kier molecular flexibility index (Phi) is 3.19. The van der Waals surface area contributed by atoms with E-state index in [1.165, 1.54) is 0 Å². The van der Waals surface area contributed by atoms with E-state index in [-0.39, 0.29) is 12.1 Å². The first kappa shape index (κ1) is 12.1. The lowest BCUT2D eigenvalue weighted by Gasteiger charge is -2.13.